The van der Waals surface area contributed by atoms with Crippen LogP contribution in [-0.4, -0.2) is 61.9 Å². The molecule has 134 valence electrons. The molecule has 0 radical (unpaired) electrons. The van der Waals surface area contributed by atoms with Gasteiger partial charge in [0.2, 0.25) is 5.91 Å². The van der Waals surface area contributed by atoms with Gasteiger partial charge in [0.25, 0.3) is 5.91 Å². The molecule has 24 heavy (non-hydrogen) atoms. The fourth-order valence-electron chi connectivity index (χ4n) is 3.31. The van der Waals surface area contributed by atoms with E-state index in [-0.39, 0.29) is 23.1 Å². The van der Waals surface area contributed by atoms with Crippen molar-refractivity contribution in [1.29, 1.82) is 0 Å². The molecular weight excluding hydrogens is 322 g/mol. The zero-order valence-electron chi connectivity index (χ0n) is 15.2. The van der Waals surface area contributed by atoms with Crippen molar-refractivity contribution in [3.05, 3.63) is 22.4 Å². The number of piperidine rings is 1. The van der Waals surface area contributed by atoms with Gasteiger partial charge in [0, 0.05) is 26.2 Å². The Morgan fingerprint density at radius 2 is 2.17 bits per heavy atom. The summed E-state index contributed by atoms with van der Waals surface area (Å²) in [5.74, 6) is 0.0266. The predicted molar refractivity (Wildman–Crippen MR) is 98.3 cm³/mol. The van der Waals surface area contributed by atoms with Crippen LogP contribution in [0.3, 0.4) is 0 Å². The molecule has 6 heteroatoms. The number of hydrogen-bond acceptors (Lipinski definition) is 4. The molecule has 0 spiro atoms. The Balaban J connectivity index is 1.87. The summed E-state index contributed by atoms with van der Waals surface area (Å²) in [5, 5.41) is 5.00. The van der Waals surface area contributed by atoms with E-state index < -0.39 is 0 Å². The van der Waals surface area contributed by atoms with Gasteiger partial charge in [0.1, 0.15) is 0 Å². The van der Waals surface area contributed by atoms with Crippen molar-refractivity contribution in [2.75, 3.05) is 40.3 Å². The fraction of sp³-hybridized carbons (Fsp3) is 0.667. The monoisotopic (exact) mass is 351 g/mol. The molecule has 1 N–H and O–H groups in total. The van der Waals surface area contributed by atoms with Crippen LogP contribution >= 0.6 is 11.3 Å². The highest BCUT2D eigenvalue weighted by molar-refractivity contribution is 7.12. The van der Waals surface area contributed by atoms with Crippen LogP contribution in [0.15, 0.2) is 17.5 Å². The summed E-state index contributed by atoms with van der Waals surface area (Å²) in [5.41, 5.74) is 0.0281. The average Bonchev–Trinajstić information content (AvgIpc) is 3.05. The van der Waals surface area contributed by atoms with Crippen molar-refractivity contribution in [2.45, 2.75) is 26.7 Å². The van der Waals surface area contributed by atoms with Gasteiger partial charge in [-0.25, -0.2) is 0 Å². The van der Waals surface area contributed by atoms with Gasteiger partial charge >= 0.3 is 0 Å². The zero-order chi connectivity index (χ0) is 17.7. The largest absolute Gasteiger partial charge is 0.355 e. The predicted octanol–water partition coefficient (Wildman–Crippen LogP) is 2.30. The Hall–Kier alpha value is -1.40. The molecule has 2 amide bonds. The second-order valence-electron chi connectivity index (χ2n) is 7.69. The normalized spacial score (nSPS) is 18.7. The molecular formula is C18H29N3O2S. The number of thiophene rings is 1. The van der Waals surface area contributed by atoms with Gasteiger partial charge in [-0.1, -0.05) is 19.9 Å². The SMILES string of the molecule is CN(C)CC(C)(C)CNC(=O)C1CCCN(C(=O)c2cccs2)C1. The highest BCUT2D eigenvalue weighted by atomic mass is 32.1. The van der Waals surface area contributed by atoms with Crippen LogP contribution in [-0.2, 0) is 4.79 Å². The Morgan fingerprint density at radius 3 is 2.79 bits per heavy atom. The van der Waals surface area contributed by atoms with Gasteiger partial charge in [-0.3, -0.25) is 9.59 Å². The number of carbonyl (C=O) groups is 2. The number of likely N-dealkylation sites (tertiary alicyclic amines) is 1. The van der Waals surface area contributed by atoms with Crippen molar-refractivity contribution >= 4 is 23.2 Å². The summed E-state index contributed by atoms with van der Waals surface area (Å²) in [4.78, 5) is 29.7. The van der Waals surface area contributed by atoms with Gasteiger partial charge in [0.05, 0.1) is 10.8 Å². The van der Waals surface area contributed by atoms with Crippen LogP contribution in [0.2, 0.25) is 0 Å². The van der Waals surface area contributed by atoms with E-state index >= 15 is 0 Å². The lowest BCUT2D eigenvalue weighted by Crippen LogP contribution is -2.47. The van der Waals surface area contributed by atoms with Crippen molar-refractivity contribution in [3.8, 4) is 0 Å². The Morgan fingerprint density at radius 1 is 1.42 bits per heavy atom. The summed E-state index contributed by atoms with van der Waals surface area (Å²) >= 11 is 1.46. The van der Waals surface area contributed by atoms with E-state index in [1.165, 1.54) is 11.3 Å². The molecule has 1 saturated heterocycles. The van der Waals surface area contributed by atoms with Gasteiger partial charge < -0.3 is 15.1 Å². The molecule has 0 bridgehead atoms. The van der Waals surface area contributed by atoms with Crippen molar-refractivity contribution in [3.63, 3.8) is 0 Å². The van der Waals surface area contributed by atoms with E-state index in [0.717, 1.165) is 30.8 Å². The first-order valence-corrected chi connectivity index (χ1v) is 9.42. The second-order valence-corrected chi connectivity index (χ2v) is 8.64. The summed E-state index contributed by atoms with van der Waals surface area (Å²) in [7, 11) is 4.08. The lowest BCUT2D eigenvalue weighted by Gasteiger charge is -2.33. The van der Waals surface area contributed by atoms with Crippen LogP contribution < -0.4 is 5.32 Å². The number of rotatable bonds is 6. The first kappa shape index (κ1) is 18.9. The van der Waals surface area contributed by atoms with Gasteiger partial charge in [-0.15, -0.1) is 11.3 Å². The molecule has 1 atom stereocenters. The topological polar surface area (TPSA) is 52.7 Å². The molecule has 1 aromatic heterocycles. The third-order valence-corrected chi connectivity index (χ3v) is 5.15. The summed E-state index contributed by atoms with van der Waals surface area (Å²) < 4.78 is 0. The molecule has 1 unspecified atom stereocenters. The molecule has 1 aliphatic rings. The van der Waals surface area contributed by atoms with Crippen molar-refractivity contribution in [2.24, 2.45) is 11.3 Å². The highest BCUT2D eigenvalue weighted by Gasteiger charge is 2.30. The van der Waals surface area contributed by atoms with Crippen molar-refractivity contribution in [1.82, 2.24) is 15.1 Å². The van der Waals surface area contributed by atoms with E-state index in [1.807, 2.05) is 36.5 Å². The first-order valence-electron chi connectivity index (χ1n) is 8.54. The molecule has 2 rings (SSSR count). The van der Waals surface area contributed by atoms with Crippen molar-refractivity contribution < 1.29 is 9.59 Å². The lowest BCUT2D eigenvalue weighted by molar-refractivity contribution is -0.126. The minimum Gasteiger partial charge on any atom is -0.355 e. The first-order chi connectivity index (χ1) is 11.3. The Labute approximate surface area is 149 Å². The minimum atomic E-state index is -0.0992. The van der Waals surface area contributed by atoms with Crippen LogP contribution in [0.1, 0.15) is 36.4 Å². The maximum absolute atomic E-state index is 12.5. The molecule has 5 nitrogen and oxygen atoms in total. The van der Waals surface area contributed by atoms with Crippen LogP contribution in [0, 0.1) is 11.3 Å². The highest BCUT2D eigenvalue weighted by Crippen LogP contribution is 2.21. The maximum atomic E-state index is 12.5. The van der Waals surface area contributed by atoms with E-state index in [1.54, 1.807) is 0 Å². The van der Waals surface area contributed by atoms with Crippen LogP contribution in [0.4, 0.5) is 0 Å². The number of hydrogen-bond donors (Lipinski definition) is 1. The minimum absolute atomic E-state index is 0.0281. The molecule has 0 aliphatic carbocycles. The van der Waals surface area contributed by atoms with E-state index in [9.17, 15) is 9.59 Å². The smallest absolute Gasteiger partial charge is 0.263 e. The summed E-state index contributed by atoms with van der Waals surface area (Å²) in [6, 6.07) is 3.74. The molecule has 1 aliphatic heterocycles. The Bertz CT molecular complexity index is 555. The quantitative estimate of drug-likeness (QED) is 0.856. The fourth-order valence-corrected chi connectivity index (χ4v) is 4.01. The molecule has 2 heterocycles. The van der Waals surface area contributed by atoms with Gasteiger partial charge in [0.15, 0.2) is 0 Å². The van der Waals surface area contributed by atoms with Crippen LogP contribution in [0.5, 0.6) is 0 Å². The number of nitrogens with zero attached hydrogens (tertiary/aromatic N) is 2. The van der Waals surface area contributed by atoms with E-state index in [0.29, 0.717) is 13.1 Å². The van der Waals surface area contributed by atoms with E-state index in [4.69, 9.17) is 0 Å². The van der Waals surface area contributed by atoms with E-state index in [2.05, 4.69) is 24.1 Å². The number of nitrogens with one attached hydrogen (secondary N) is 1. The van der Waals surface area contributed by atoms with Gasteiger partial charge in [-0.05, 0) is 43.8 Å². The summed E-state index contributed by atoms with van der Waals surface area (Å²) in [6.45, 7) is 7.14. The maximum Gasteiger partial charge on any atom is 0.263 e. The second kappa shape index (κ2) is 8.12. The number of carbonyl (C=O) groups excluding carboxylic acids is 2. The lowest BCUT2D eigenvalue weighted by atomic mass is 9.91. The zero-order valence-corrected chi connectivity index (χ0v) is 16.0. The molecule has 1 fully saturated rings. The molecule has 1 aromatic rings. The molecule has 0 aromatic carbocycles. The number of amides is 2. The third-order valence-electron chi connectivity index (χ3n) is 4.30. The standard InChI is InChI=1S/C18H29N3O2S/c1-18(2,13-20(3)4)12-19-16(22)14-7-5-9-21(11-14)17(23)15-8-6-10-24-15/h6,8,10,14H,5,7,9,11-13H2,1-4H3,(H,19,22). The summed E-state index contributed by atoms with van der Waals surface area (Å²) in [6.07, 6.45) is 1.74. The molecule has 0 saturated carbocycles. The Kier molecular flexibility index (Phi) is 6.40. The van der Waals surface area contributed by atoms with Gasteiger partial charge in [-0.2, -0.15) is 0 Å². The van der Waals surface area contributed by atoms with Crippen LogP contribution in [0.25, 0.3) is 0 Å². The third kappa shape index (κ3) is 5.31. The average molecular weight is 352 g/mol.